The minimum atomic E-state index is -3.68. The Hall–Kier alpha value is -1.11. The fourth-order valence-corrected chi connectivity index (χ4v) is 3.53. The lowest BCUT2D eigenvalue weighted by Gasteiger charge is -2.27. The Balaban J connectivity index is 3.21. The molecule has 0 unspecified atom stereocenters. The molecule has 1 rings (SSSR count). The maximum Gasteiger partial charge on any atom is 0.246 e. The Bertz CT molecular complexity index is 520. The molecule has 19 heavy (non-hydrogen) atoms. The van der Waals surface area contributed by atoms with Crippen LogP contribution in [-0.4, -0.2) is 43.6 Å². The Morgan fingerprint density at radius 2 is 1.89 bits per heavy atom. The van der Waals surface area contributed by atoms with Gasteiger partial charge in [0.25, 0.3) is 0 Å². The molecule has 0 heterocycles. The van der Waals surface area contributed by atoms with Gasteiger partial charge in [-0.1, -0.05) is 19.1 Å². The molecule has 0 aliphatic carbocycles. The van der Waals surface area contributed by atoms with Crippen molar-refractivity contribution in [2.45, 2.75) is 31.3 Å². The van der Waals surface area contributed by atoms with Crippen LogP contribution in [0.25, 0.3) is 0 Å². The smallest absolute Gasteiger partial charge is 0.246 e. The zero-order valence-electron chi connectivity index (χ0n) is 11.8. The number of methoxy groups -OCH3 is 1. The molecule has 1 N–H and O–H groups in total. The van der Waals surface area contributed by atoms with Crippen LogP contribution in [0.2, 0.25) is 0 Å². The van der Waals surface area contributed by atoms with E-state index in [-0.39, 0.29) is 18.0 Å². The van der Waals surface area contributed by atoms with E-state index in [9.17, 15) is 13.5 Å². The normalized spacial score (nSPS) is 12.7. The van der Waals surface area contributed by atoms with Crippen LogP contribution in [0.15, 0.2) is 29.2 Å². The molecule has 0 atom stereocenters. The summed E-state index contributed by atoms with van der Waals surface area (Å²) in [7, 11) is -2.25. The van der Waals surface area contributed by atoms with Gasteiger partial charge in [0.05, 0.1) is 12.7 Å². The fourth-order valence-electron chi connectivity index (χ4n) is 1.77. The summed E-state index contributed by atoms with van der Waals surface area (Å²) in [6.45, 7) is 5.20. The monoisotopic (exact) mass is 287 g/mol. The second kappa shape index (κ2) is 5.90. The molecule has 0 aliphatic rings. The predicted molar refractivity (Wildman–Crippen MR) is 73.7 cm³/mol. The summed E-state index contributed by atoms with van der Waals surface area (Å²) in [6, 6.07) is 6.46. The molecule has 0 fully saturated rings. The average Bonchev–Trinajstić information content (AvgIpc) is 2.34. The van der Waals surface area contributed by atoms with Crippen LogP contribution in [-0.2, 0) is 10.0 Å². The van der Waals surface area contributed by atoms with Crippen molar-refractivity contribution in [2.24, 2.45) is 0 Å². The highest BCUT2D eigenvalue weighted by atomic mass is 32.2. The topological polar surface area (TPSA) is 66.8 Å². The van der Waals surface area contributed by atoms with Gasteiger partial charge < -0.3 is 9.84 Å². The number of benzene rings is 1. The standard InChI is InChI=1S/C13H21NO4S/c1-5-14(10-13(2,3)15)19(16,17)12-9-7-6-8-11(12)18-4/h6-9,15H,5,10H2,1-4H3. The van der Waals surface area contributed by atoms with Crippen molar-refractivity contribution in [3.8, 4) is 5.75 Å². The summed E-state index contributed by atoms with van der Waals surface area (Å²) in [5.74, 6) is 0.302. The van der Waals surface area contributed by atoms with E-state index in [1.807, 2.05) is 0 Å². The lowest BCUT2D eigenvalue weighted by Crippen LogP contribution is -2.42. The first-order chi connectivity index (χ1) is 8.72. The van der Waals surface area contributed by atoms with Crippen molar-refractivity contribution < 1.29 is 18.3 Å². The average molecular weight is 287 g/mol. The SMILES string of the molecule is CCN(CC(C)(C)O)S(=O)(=O)c1ccccc1OC. The molecule has 5 nitrogen and oxygen atoms in total. The highest BCUT2D eigenvalue weighted by Crippen LogP contribution is 2.26. The van der Waals surface area contributed by atoms with E-state index in [1.165, 1.54) is 17.5 Å². The first-order valence-electron chi connectivity index (χ1n) is 6.08. The van der Waals surface area contributed by atoms with Crippen molar-refractivity contribution in [1.82, 2.24) is 4.31 Å². The number of sulfonamides is 1. The largest absolute Gasteiger partial charge is 0.495 e. The van der Waals surface area contributed by atoms with Gasteiger partial charge in [0.15, 0.2) is 0 Å². The van der Waals surface area contributed by atoms with Crippen LogP contribution >= 0.6 is 0 Å². The van der Waals surface area contributed by atoms with Crippen LogP contribution < -0.4 is 4.74 Å². The molecule has 0 radical (unpaired) electrons. The van der Waals surface area contributed by atoms with E-state index in [4.69, 9.17) is 4.74 Å². The van der Waals surface area contributed by atoms with Gasteiger partial charge in [-0.2, -0.15) is 4.31 Å². The van der Waals surface area contributed by atoms with Crippen LogP contribution in [0.1, 0.15) is 20.8 Å². The number of likely N-dealkylation sites (N-methyl/N-ethyl adjacent to an activating group) is 1. The summed E-state index contributed by atoms with van der Waals surface area (Å²) in [4.78, 5) is 0.114. The summed E-state index contributed by atoms with van der Waals surface area (Å²) in [5.41, 5.74) is -1.09. The lowest BCUT2D eigenvalue weighted by atomic mass is 10.1. The Morgan fingerprint density at radius 1 is 1.32 bits per heavy atom. The second-order valence-electron chi connectivity index (χ2n) is 4.89. The van der Waals surface area contributed by atoms with Crippen LogP contribution in [0.3, 0.4) is 0 Å². The van der Waals surface area contributed by atoms with Crippen LogP contribution in [0, 0.1) is 0 Å². The van der Waals surface area contributed by atoms with E-state index in [1.54, 1.807) is 39.0 Å². The number of hydrogen-bond acceptors (Lipinski definition) is 4. The number of rotatable bonds is 6. The van der Waals surface area contributed by atoms with Crippen molar-refractivity contribution in [3.05, 3.63) is 24.3 Å². The van der Waals surface area contributed by atoms with Gasteiger partial charge in [-0.05, 0) is 26.0 Å². The van der Waals surface area contributed by atoms with Gasteiger partial charge in [-0.15, -0.1) is 0 Å². The van der Waals surface area contributed by atoms with E-state index < -0.39 is 15.6 Å². The molecule has 1 aromatic carbocycles. The molecule has 0 bridgehead atoms. The van der Waals surface area contributed by atoms with Gasteiger partial charge in [-0.3, -0.25) is 0 Å². The predicted octanol–water partition coefficient (Wildman–Crippen LogP) is 1.48. The molecule has 108 valence electrons. The summed E-state index contributed by atoms with van der Waals surface area (Å²) in [6.07, 6.45) is 0. The van der Waals surface area contributed by atoms with Crippen molar-refractivity contribution >= 4 is 10.0 Å². The van der Waals surface area contributed by atoms with Crippen molar-refractivity contribution in [3.63, 3.8) is 0 Å². The van der Waals surface area contributed by atoms with Gasteiger partial charge in [0, 0.05) is 13.1 Å². The molecule has 0 aliphatic heterocycles. The van der Waals surface area contributed by atoms with E-state index in [0.717, 1.165) is 0 Å². The van der Waals surface area contributed by atoms with Gasteiger partial charge >= 0.3 is 0 Å². The number of nitrogens with zero attached hydrogens (tertiary/aromatic N) is 1. The molecule has 0 amide bonds. The van der Waals surface area contributed by atoms with E-state index in [0.29, 0.717) is 5.75 Å². The molecule has 0 spiro atoms. The molecule has 0 aromatic heterocycles. The van der Waals surface area contributed by atoms with Crippen LogP contribution in [0.5, 0.6) is 5.75 Å². The number of ether oxygens (including phenoxy) is 1. The molecular weight excluding hydrogens is 266 g/mol. The number of hydrogen-bond donors (Lipinski definition) is 1. The second-order valence-corrected chi connectivity index (χ2v) is 6.80. The number of para-hydroxylation sites is 1. The quantitative estimate of drug-likeness (QED) is 0.860. The Kier molecular flexibility index (Phi) is 4.95. The van der Waals surface area contributed by atoms with E-state index in [2.05, 4.69) is 0 Å². The zero-order chi connectivity index (χ0) is 14.7. The molecule has 0 saturated heterocycles. The van der Waals surface area contributed by atoms with E-state index >= 15 is 0 Å². The Labute approximate surface area is 114 Å². The van der Waals surface area contributed by atoms with Gasteiger partial charge in [0.1, 0.15) is 10.6 Å². The molecule has 6 heteroatoms. The highest BCUT2D eigenvalue weighted by molar-refractivity contribution is 7.89. The highest BCUT2D eigenvalue weighted by Gasteiger charge is 2.30. The summed E-state index contributed by atoms with van der Waals surface area (Å²) < 4.78 is 31.4. The zero-order valence-corrected chi connectivity index (χ0v) is 12.6. The summed E-state index contributed by atoms with van der Waals surface area (Å²) >= 11 is 0. The first kappa shape index (κ1) is 15.9. The third kappa shape index (κ3) is 3.92. The first-order valence-corrected chi connectivity index (χ1v) is 7.52. The van der Waals surface area contributed by atoms with Crippen molar-refractivity contribution in [1.29, 1.82) is 0 Å². The molecular formula is C13H21NO4S. The third-order valence-electron chi connectivity index (χ3n) is 2.60. The molecule has 1 aromatic rings. The Morgan fingerprint density at radius 3 is 2.37 bits per heavy atom. The lowest BCUT2D eigenvalue weighted by molar-refractivity contribution is 0.0601. The van der Waals surface area contributed by atoms with Gasteiger partial charge in [-0.25, -0.2) is 8.42 Å². The maximum atomic E-state index is 12.6. The van der Waals surface area contributed by atoms with Crippen LogP contribution in [0.4, 0.5) is 0 Å². The molecule has 0 saturated carbocycles. The van der Waals surface area contributed by atoms with Gasteiger partial charge in [0.2, 0.25) is 10.0 Å². The number of aliphatic hydroxyl groups is 1. The van der Waals surface area contributed by atoms with Crippen molar-refractivity contribution in [2.75, 3.05) is 20.2 Å². The minimum Gasteiger partial charge on any atom is -0.495 e. The summed E-state index contributed by atoms with van der Waals surface area (Å²) in [5, 5.41) is 9.82. The maximum absolute atomic E-state index is 12.6. The fraction of sp³-hybridized carbons (Fsp3) is 0.538. The minimum absolute atomic E-state index is 0.0316. The third-order valence-corrected chi connectivity index (χ3v) is 4.56.